The lowest BCUT2D eigenvalue weighted by atomic mass is 10.1. The zero-order chi connectivity index (χ0) is 23.2. The fourth-order valence-corrected chi connectivity index (χ4v) is 3.49. The van der Waals surface area contributed by atoms with Crippen LogP contribution in [0.3, 0.4) is 0 Å². The first-order chi connectivity index (χ1) is 16.0. The number of furan rings is 1. The van der Waals surface area contributed by atoms with Gasteiger partial charge in [0.05, 0.1) is 12.0 Å². The van der Waals surface area contributed by atoms with Gasteiger partial charge in [-0.1, -0.05) is 12.1 Å². The van der Waals surface area contributed by atoms with E-state index in [2.05, 4.69) is 10.3 Å². The zero-order valence-electron chi connectivity index (χ0n) is 18.0. The minimum Gasteiger partial charge on any atom is -0.493 e. The summed E-state index contributed by atoms with van der Waals surface area (Å²) in [7, 11) is 0. The SMILES string of the molecule is Cc1c(COc2c(F)cc(F)cc2F)oc2cccc(OCCCNCc3cccnc3)c12. The second kappa shape index (κ2) is 10.4. The summed E-state index contributed by atoms with van der Waals surface area (Å²) >= 11 is 0. The van der Waals surface area contributed by atoms with Crippen LogP contribution < -0.4 is 14.8 Å². The standard InChI is InChI=1S/C25H23F3N2O3/c1-16-23(15-32-25-19(27)11-18(26)12-20(25)28)33-22-7-2-6-21(24(16)22)31-10-4-9-30-14-17-5-3-8-29-13-17/h2-3,5-8,11-13,30H,4,9-10,14-15H2,1H3. The van der Waals surface area contributed by atoms with E-state index in [-0.39, 0.29) is 6.61 Å². The van der Waals surface area contributed by atoms with Crippen molar-refractivity contribution in [2.45, 2.75) is 26.5 Å². The van der Waals surface area contributed by atoms with Gasteiger partial charge in [0.25, 0.3) is 0 Å². The number of fused-ring (bicyclic) bond motifs is 1. The van der Waals surface area contributed by atoms with Crippen LogP contribution in [0.25, 0.3) is 11.0 Å². The first-order valence-corrected chi connectivity index (χ1v) is 10.5. The number of aromatic nitrogens is 1. The minimum atomic E-state index is -1.11. The quantitative estimate of drug-likeness (QED) is 0.311. The molecule has 172 valence electrons. The molecule has 0 atom stereocenters. The molecule has 2 aromatic heterocycles. The molecule has 0 aliphatic heterocycles. The van der Waals surface area contributed by atoms with Crippen molar-refractivity contribution in [2.75, 3.05) is 13.2 Å². The van der Waals surface area contributed by atoms with Crippen molar-refractivity contribution in [3.8, 4) is 11.5 Å². The van der Waals surface area contributed by atoms with E-state index < -0.39 is 23.2 Å². The number of ether oxygens (including phenoxy) is 2. The monoisotopic (exact) mass is 456 g/mol. The van der Waals surface area contributed by atoms with E-state index in [1.807, 2.05) is 37.4 Å². The smallest absolute Gasteiger partial charge is 0.191 e. The Hall–Kier alpha value is -3.52. The zero-order valence-corrected chi connectivity index (χ0v) is 18.0. The molecule has 0 unspecified atom stereocenters. The lowest BCUT2D eigenvalue weighted by molar-refractivity contribution is 0.247. The highest BCUT2D eigenvalue weighted by Crippen LogP contribution is 2.34. The third-order valence-corrected chi connectivity index (χ3v) is 5.13. The van der Waals surface area contributed by atoms with Gasteiger partial charge in [-0.15, -0.1) is 0 Å². The number of halogens is 3. The molecule has 0 amide bonds. The fourth-order valence-electron chi connectivity index (χ4n) is 3.49. The van der Waals surface area contributed by atoms with E-state index in [4.69, 9.17) is 13.9 Å². The highest BCUT2D eigenvalue weighted by molar-refractivity contribution is 5.88. The van der Waals surface area contributed by atoms with Crippen LogP contribution in [0.4, 0.5) is 13.2 Å². The molecule has 0 saturated carbocycles. The Balaban J connectivity index is 1.36. The largest absolute Gasteiger partial charge is 0.493 e. The average Bonchev–Trinajstić information content (AvgIpc) is 3.12. The van der Waals surface area contributed by atoms with Gasteiger partial charge in [0.2, 0.25) is 0 Å². The molecule has 0 spiro atoms. The number of hydrogen-bond donors (Lipinski definition) is 1. The molecular weight excluding hydrogens is 433 g/mol. The molecule has 33 heavy (non-hydrogen) atoms. The molecular formula is C25H23F3N2O3. The normalized spacial score (nSPS) is 11.2. The predicted octanol–water partition coefficient (Wildman–Crippen LogP) is 5.69. The Kier molecular flexibility index (Phi) is 7.14. The number of pyridine rings is 1. The van der Waals surface area contributed by atoms with Gasteiger partial charge in [-0.3, -0.25) is 4.98 Å². The maximum atomic E-state index is 13.8. The van der Waals surface area contributed by atoms with Crippen LogP contribution >= 0.6 is 0 Å². The van der Waals surface area contributed by atoms with Crippen molar-refractivity contribution in [3.63, 3.8) is 0 Å². The van der Waals surface area contributed by atoms with Gasteiger partial charge in [-0.25, -0.2) is 13.2 Å². The van der Waals surface area contributed by atoms with E-state index in [9.17, 15) is 13.2 Å². The van der Waals surface area contributed by atoms with Crippen molar-refractivity contribution in [3.05, 3.63) is 89.2 Å². The first-order valence-electron chi connectivity index (χ1n) is 10.5. The Morgan fingerprint density at radius 2 is 1.85 bits per heavy atom. The minimum absolute atomic E-state index is 0.211. The van der Waals surface area contributed by atoms with Crippen molar-refractivity contribution < 1.29 is 27.1 Å². The molecule has 0 fully saturated rings. The van der Waals surface area contributed by atoms with E-state index in [1.54, 1.807) is 12.3 Å². The van der Waals surface area contributed by atoms with Crippen LogP contribution in [0.1, 0.15) is 23.3 Å². The average molecular weight is 456 g/mol. The molecule has 1 N–H and O–H groups in total. The molecule has 2 aromatic carbocycles. The number of aryl methyl sites for hydroxylation is 1. The molecule has 0 saturated heterocycles. The number of nitrogens with one attached hydrogen (secondary N) is 1. The Labute approximate surface area is 189 Å². The van der Waals surface area contributed by atoms with Crippen molar-refractivity contribution >= 4 is 11.0 Å². The summed E-state index contributed by atoms with van der Waals surface area (Å²) in [6.45, 7) is 3.63. The lowest BCUT2D eigenvalue weighted by Crippen LogP contribution is -2.17. The van der Waals surface area contributed by atoms with E-state index >= 15 is 0 Å². The molecule has 4 aromatic rings. The highest BCUT2D eigenvalue weighted by atomic mass is 19.1. The number of rotatable bonds is 10. The van der Waals surface area contributed by atoms with Gasteiger partial charge >= 0.3 is 0 Å². The van der Waals surface area contributed by atoms with Gasteiger partial charge in [0.15, 0.2) is 17.4 Å². The maximum Gasteiger partial charge on any atom is 0.191 e. The molecule has 0 bridgehead atoms. The summed E-state index contributed by atoms with van der Waals surface area (Å²) in [6.07, 6.45) is 4.37. The van der Waals surface area contributed by atoms with Gasteiger partial charge in [0.1, 0.15) is 29.5 Å². The van der Waals surface area contributed by atoms with Crippen molar-refractivity contribution in [2.24, 2.45) is 0 Å². The third kappa shape index (κ3) is 5.46. The van der Waals surface area contributed by atoms with E-state index in [0.717, 1.165) is 36.0 Å². The molecule has 0 radical (unpaired) electrons. The van der Waals surface area contributed by atoms with Crippen LogP contribution in [-0.2, 0) is 13.2 Å². The van der Waals surface area contributed by atoms with Crippen LogP contribution in [0.2, 0.25) is 0 Å². The van der Waals surface area contributed by atoms with Crippen LogP contribution in [-0.4, -0.2) is 18.1 Å². The summed E-state index contributed by atoms with van der Waals surface area (Å²) in [5, 5.41) is 4.12. The number of nitrogens with zero attached hydrogens (tertiary/aromatic N) is 1. The van der Waals surface area contributed by atoms with Crippen molar-refractivity contribution in [1.82, 2.24) is 10.3 Å². The Morgan fingerprint density at radius 1 is 1.03 bits per heavy atom. The topological polar surface area (TPSA) is 56.5 Å². The maximum absolute atomic E-state index is 13.8. The predicted molar refractivity (Wildman–Crippen MR) is 118 cm³/mol. The van der Waals surface area contributed by atoms with Crippen LogP contribution in [0.5, 0.6) is 11.5 Å². The number of hydrogen-bond acceptors (Lipinski definition) is 5. The van der Waals surface area contributed by atoms with Gasteiger partial charge < -0.3 is 19.2 Å². The Bertz CT molecular complexity index is 1210. The lowest BCUT2D eigenvalue weighted by Gasteiger charge is -2.09. The van der Waals surface area contributed by atoms with Gasteiger partial charge in [-0.05, 0) is 43.7 Å². The summed E-state index contributed by atoms with van der Waals surface area (Å²) in [5.41, 5.74) is 2.45. The third-order valence-electron chi connectivity index (χ3n) is 5.13. The highest BCUT2D eigenvalue weighted by Gasteiger charge is 2.18. The van der Waals surface area contributed by atoms with Crippen molar-refractivity contribution in [1.29, 1.82) is 0 Å². The molecule has 2 heterocycles. The Morgan fingerprint density at radius 3 is 2.61 bits per heavy atom. The van der Waals surface area contributed by atoms with Crippen LogP contribution in [0.15, 0.2) is 59.3 Å². The molecule has 0 aliphatic rings. The molecule has 0 aliphatic carbocycles. The van der Waals surface area contributed by atoms with E-state index in [0.29, 0.717) is 35.8 Å². The second-order valence-corrected chi connectivity index (χ2v) is 7.51. The van der Waals surface area contributed by atoms with E-state index in [1.165, 1.54) is 0 Å². The van der Waals surface area contributed by atoms with Gasteiger partial charge in [0, 0.05) is 36.6 Å². The number of benzene rings is 2. The summed E-state index contributed by atoms with van der Waals surface area (Å²) in [4.78, 5) is 4.09. The second-order valence-electron chi connectivity index (χ2n) is 7.51. The van der Waals surface area contributed by atoms with Gasteiger partial charge in [-0.2, -0.15) is 0 Å². The first kappa shape index (κ1) is 22.7. The summed E-state index contributed by atoms with van der Waals surface area (Å²) in [5.74, 6) is -2.81. The molecule has 4 rings (SSSR count). The van der Waals surface area contributed by atoms with Crippen LogP contribution in [0, 0.1) is 24.4 Å². The molecule has 8 heteroatoms. The molecule has 5 nitrogen and oxygen atoms in total. The summed E-state index contributed by atoms with van der Waals surface area (Å²) < 4.78 is 57.8. The fraction of sp³-hybridized carbons (Fsp3) is 0.240. The summed E-state index contributed by atoms with van der Waals surface area (Å²) in [6, 6.07) is 10.5.